The third-order valence-corrected chi connectivity index (χ3v) is 8.80. The number of hydrogen-bond acceptors (Lipinski definition) is 6. The number of esters is 2. The highest BCUT2D eigenvalue weighted by atomic mass is 79.9. The van der Waals surface area contributed by atoms with Crippen LogP contribution in [0.3, 0.4) is 0 Å². The summed E-state index contributed by atoms with van der Waals surface area (Å²) in [6.45, 7) is 3.53. The lowest BCUT2D eigenvalue weighted by molar-refractivity contribution is -0.156. The number of halogens is 2. The molecule has 0 radical (unpaired) electrons. The van der Waals surface area contributed by atoms with Gasteiger partial charge < -0.3 is 15.2 Å². The molecule has 2 fully saturated rings. The third-order valence-electron chi connectivity index (χ3n) is 6.40. The molecular formula is C23H25BrFNO4S. The summed E-state index contributed by atoms with van der Waals surface area (Å²) in [5.74, 6) is -2.53. The van der Waals surface area contributed by atoms with Crippen LogP contribution in [0.25, 0.3) is 10.8 Å². The summed E-state index contributed by atoms with van der Waals surface area (Å²) in [5.41, 5.74) is 3.84. The van der Waals surface area contributed by atoms with Crippen LogP contribution in [0.4, 0.5) is 4.39 Å². The van der Waals surface area contributed by atoms with E-state index in [-0.39, 0.29) is 18.5 Å². The number of benzene rings is 2. The molecule has 0 aromatic heterocycles. The van der Waals surface area contributed by atoms with Gasteiger partial charge in [-0.15, -0.1) is 0 Å². The van der Waals surface area contributed by atoms with E-state index >= 15 is 4.39 Å². The second kappa shape index (κ2) is 8.37. The Morgan fingerprint density at radius 1 is 1.16 bits per heavy atom. The Bertz CT molecular complexity index is 1040. The van der Waals surface area contributed by atoms with Gasteiger partial charge in [0.25, 0.3) is 0 Å². The average Bonchev–Trinajstić information content (AvgIpc) is 3.24. The maximum atomic E-state index is 15.5. The third kappa shape index (κ3) is 3.47. The summed E-state index contributed by atoms with van der Waals surface area (Å²) in [6, 6.07) is 12.1. The van der Waals surface area contributed by atoms with Crippen LogP contribution in [0.15, 0.2) is 40.9 Å². The Morgan fingerprint density at radius 2 is 1.84 bits per heavy atom. The molecule has 0 heterocycles. The van der Waals surface area contributed by atoms with Gasteiger partial charge in [-0.25, -0.2) is 14.0 Å². The molecule has 2 aromatic carbocycles. The Labute approximate surface area is 193 Å². The van der Waals surface area contributed by atoms with E-state index in [9.17, 15) is 9.59 Å². The summed E-state index contributed by atoms with van der Waals surface area (Å²) < 4.78 is 26.6. The molecule has 0 aliphatic heterocycles. The van der Waals surface area contributed by atoms with E-state index in [0.717, 1.165) is 20.8 Å². The number of thioether (sulfide) groups is 1. The van der Waals surface area contributed by atoms with Crippen molar-refractivity contribution in [2.75, 3.05) is 13.2 Å². The minimum Gasteiger partial charge on any atom is -0.465 e. The van der Waals surface area contributed by atoms with Gasteiger partial charge in [-0.2, -0.15) is 11.8 Å². The minimum absolute atomic E-state index is 0.0785. The average molecular weight is 510 g/mol. The molecule has 5 atom stereocenters. The molecule has 2 aliphatic rings. The van der Waals surface area contributed by atoms with Crippen LogP contribution in [0, 0.1) is 11.8 Å². The first kappa shape index (κ1) is 22.6. The van der Waals surface area contributed by atoms with Crippen LogP contribution in [-0.2, 0) is 24.8 Å². The molecule has 0 spiro atoms. The van der Waals surface area contributed by atoms with Gasteiger partial charge in [0.05, 0.1) is 13.2 Å². The van der Waals surface area contributed by atoms with Gasteiger partial charge in [-0.1, -0.05) is 36.4 Å². The molecule has 166 valence electrons. The molecule has 8 heteroatoms. The molecule has 0 saturated heterocycles. The fourth-order valence-corrected chi connectivity index (χ4v) is 7.16. The Kier molecular flexibility index (Phi) is 6.09. The molecular weight excluding hydrogens is 485 g/mol. The van der Waals surface area contributed by atoms with Crippen LogP contribution in [0.5, 0.6) is 0 Å². The van der Waals surface area contributed by atoms with Crippen molar-refractivity contribution in [2.45, 2.75) is 42.5 Å². The second-order valence-corrected chi connectivity index (χ2v) is 10.0. The van der Waals surface area contributed by atoms with Crippen LogP contribution < -0.4 is 5.73 Å². The van der Waals surface area contributed by atoms with Gasteiger partial charge in [0, 0.05) is 27.3 Å². The molecule has 2 aliphatic carbocycles. The Morgan fingerprint density at radius 3 is 2.55 bits per heavy atom. The minimum atomic E-state index is -2.21. The van der Waals surface area contributed by atoms with Gasteiger partial charge >= 0.3 is 11.9 Å². The lowest BCUT2D eigenvalue weighted by Gasteiger charge is -2.33. The molecule has 0 amide bonds. The van der Waals surface area contributed by atoms with Gasteiger partial charge in [0.1, 0.15) is 5.54 Å². The number of carbonyl (C=O) groups excluding carboxylic acids is 2. The van der Waals surface area contributed by atoms with Gasteiger partial charge in [0.15, 0.2) is 0 Å². The zero-order valence-electron chi connectivity index (χ0n) is 17.4. The summed E-state index contributed by atoms with van der Waals surface area (Å²) in [6.07, 6.45) is 0.325. The van der Waals surface area contributed by atoms with E-state index < -0.39 is 35.0 Å². The first-order chi connectivity index (χ1) is 14.8. The Balaban J connectivity index is 1.57. The standard InChI is InChI=1S/C23H25BrFNO4S/c1-3-29-20(27)22(25)16-11-17(23(26,19(16)22)21(28)30-4-2)31-12-14-10-9-13-7-5-6-8-15(13)18(14)24/h5-10,16-17,19H,3-4,11-12,26H2,1-2H3/t16-,17-,19+,22-,23+/m1/s1. The van der Waals surface area contributed by atoms with Crippen molar-refractivity contribution < 1.29 is 23.5 Å². The molecule has 5 nitrogen and oxygen atoms in total. The summed E-state index contributed by atoms with van der Waals surface area (Å²) >= 11 is 5.20. The highest BCUT2D eigenvalue weighted by Crippen LogP contribution is 2.69. The molecule has 0 unspecified atom stereocenters. The number of ether oxygens (including phenoxy) is 2. The first-order valence-electron chi connectivity index (χ1n) is 10.4. The van der Waals surface area contributed by atoms with Gasteiger partial charge in [-0.05, 0) is 52.5 Å². The lowest BCUT2D eigenvalue weighted by atomic mass is 9.90. The number of fused-ring (bicyclic) bond motifs is 2. The van der Waals surface area contributed by atoms with Crippen molar-refractivity contribution in [2.24, 2.45) is 17.6 Å². The van der Waals surface area contributed by atoms with Crippen molar-refractivity contribution >= 4 is 50.4 Å². The largest absolute Gasteiger partial charge is 0.465 e. The van der Waals surface area contributed by atoms with Crippen molar-refractivity contribution in [3.63, 3.8) is 0 Å². The van der Waals surface area contributed by atoms with E-state index in [4.69, 9.17) is 15.2 Å². The first-order valence-corrected chi connectivity index (χ1v) is 12.2. The van der Waals surface area contributed by atoms with E-state index in [0.29, 0.717) is 12.2 Å². The normalized spacial score (nSPS) is 31.3. The number of carbonyl (C=O) groups is 2. The molecule has 2 saturated carbocycles. The van der Waals surface area contributed by atoms with Crippen LogP contribution in [-0.4, -0.2) is 41.6 Å². The fraction of sp³-hybridized carbons (Fsp3) is 0.478. The number of rotatable bonds is 7. The van der Waals surface area contributed by atoms with E-state index in [2.05, 4.69) is 22.0 Å². The fourth-order valence-electron chi connectivity index (χ4n) is 4.86. The molecule has 0 bridgehead atoms. The summed E-state index contributed by atoms with van der Waals surface area (Å²) in [5, 5.41) is 1.86. The Hall–Kier alpha value is -1.64. The molecule has 2 N–H and O–H groups in total. The topological polar surface area (TPSA) is 78.6 Å². The predicted octanol–water partition coefficient (Wildman–Crippen LogP) is 4.39. The van der Waals surface area contributed by atoms with E-state index in [1.54, 1.807) is 13.8 Å². The lowest BCUT2D eigenvalue weighted by Crippen LogP contribution is -2.59. The van der Waals surface area contributed by atoms with E-state index in [1.807, 2.05) is 30.3 Å². The van der Waals surface area contributed by atoms with E-state index in [1.165, 1.54) is 11.8 Å². The summed E-state index contributed by atoms with van der Waals surface area (Å²) in [7, 11) is 0. The van der Waals surface area contributed by atoms with Crippen molar-refractivity contribution in [1.82, 2.24) is 0 Å². The number of nitrogens with two attached hydrogens (primary N) is 1. The molecule has 2 aromatic rings. The highest BCUT2D eigenvalue weighted by molar-refractivity contribution is 9.10. The SMILES string of the molecule is CCOC(=O)[C@@]1(N)[C@H]2[C@@H](C[C@H]1SCc1ccc3ccccc3c1Br)[C@]2(F)C(=O)OCC. The zero-order chi connectivity index (χ0) is 22.4. The summed E-state index contributed by atoms with van der Waals surface area (Å²) in [4.78, 5) is 25.1. The van der Waals surface area contributed by atoms with Crippen LogP contribution in [0.1, 0.15) is 25.8 Å². The van der Waals surface area contributed by atoms with Gasteiger partial charge in [0.2, 0.25) is 5.67 Å². The highest BCUT2D eigenvalue weighted by Gasteiger charge is 2.85. The predicted molar refractivity (Wildman–Crippen MR) is 122 cm³/mol. The van der Waals surface area contributed by atoms with Crippen molar-refractivity contribution in [3.05, 3.63) is 46.4 Å². The quantitative estimate of drug-likeness (QED) is 0.557. The maximum Gasteiger partial charge on any atom is 0.344 e. The van der Waals surface area contributed by atoms with Crippen LogP contribution in [0.2, 0.25) is 0 Å². The molecule has 4 rings (SSSR count). The van der Waals surface area contributed by atoms with Gasteiger partial charge in [-0.3, -0.25) is 0 Å². The second-order valence-electron chi connectivity index (χ2n) is 8.02. The van der Waals surface area contributed by atoms with Crippen molar-refractivity contribution in [1.29, 1.82) is 0 Å². The number of alkyl halides is 1. The molecule has 31 heavy (non-hydrogen) atoms. The maximum absolute atomic E-state index is 15.5. The zero-order valence-corrected chi connectivity index (χ0v) is 19.8. The van der Waals surface area contributed by atoms with Crippen molar-refractivity contribution in [3.8, 4) is 0 Å². The monoisotopic (exact) mass is 509 g/mol. The smallest absolute Gasteiger partial charge is 0.344 e. The van der Waals surface area contributed by atoms with Crippen LogP contribution >= 0.6 is 27.7 Å². The number of hydrogen-bond donors (Lipinski definition) is 1.